The van der Waals surface area contributed by atoms with E-state index in [1.165, 1.54) is 88.0 Å². The summed E-state index contributed by atoms with van der Waals surface area (Å²) in [5.41, 5.74) is 17.2. The lowest BCUT2D eigenvalue weighted by Crippen LogP contribution is -2.32. The standard InChI is InChI=1S/C61H37NO/c1-3-19-43-38(14-1)16-11-24-45(43)52-33-30-40-18-12-25-51-47-22-6-9-27-54(47)61(60(52)59(40)51)53-26-8-5-21-46(53)48-34-31-41(36-55(48)61)62(56-28-13-17-39-15-2-4-20-44(39)56)42-32-35-50-49-23-7-10-29-57(49)63-58(50)37-42/h1-37H. The molecule has 2 aliphatic carbocycles. The lowest BCUT2D eigenvalue weighted by Gasteiger charge is -2.42. The molecule has 0 saturated heterocycles. The van der Waals surface area contributed by atoms with Crippen LogP contribution in [0.5, 0.6) is 0 Å². The Bertz CT molecular complexity index is 3880. The number of furan rings is 1. The van der Waals surface area contributed by atoms with E-state index in [-0.39, 0.29) is 0 Å². The number of anilines is 3. The summed E-state index contributed by atoms with van der Waals surface area (Å²) >= 11 is 0. The minimum atomic E-state index is -0.647. The Labute approximate surface area is 364 Å². The number of para-hydroxylation sites is 1. The maximum Gasteiger partial charge on any atom is 0.137 e. The van der Waals surface area contributed by atoms with Crippen LogP contribution in [0.25, 0.3) is 87.6 Å². The number of rotatable bonds is 4. The Hall–Kier alpha value is -8.20. The van der Waals surface area contributed by atoms with Gasteiger partial charge in [0.05, 0.1) is 11.1 Å². The summed E-state index contributed by atoms with van der Waals surface area (Å²) in [5, 5.41) is 9.67. The minimum Gasteiger partial charge on any atom is -0.456 e. The van der Waals surface area contributed by atoms with E-state index in [4.69, 9.17) is 4.42 Å². The van der Waals surface area contributed by atoms with Gasteiger partial charge in [0, 0.05) is 33.6 Å². The molecule has 63 heavy (non-hydrogen) atoms. The molecule has 14 rings (SSSR count). The van der Waals surface area contributed by atoms with E-state index in [1.54, 1.807) is 0 Å². The van der Waals surface area contributed by atoms with Gasteiger partial charge in [0.2, 0.25) is 0 Å². The van der Waals surface area contributed by atoms with Crippen molar-refractivity contribution >= 4 is 71.3 Å². The molecule has 0 fully saturated rings. The highest BCUT2D eigenvalue weighted by Gasteiger charge is 2.51. The fourth-order valence-corrected chi connectivity index (χ4v) is 11.5. The second-order valence-corrected chi connectivity index (χ2v) is 17.1. The molecular weight excluding hydrogens is 763 g/mol. The first-order valence-corrected chi connectivity index (χ1v) is 21.8. The summed E-state index contributed by atoms with van der Waals surface area (Å²) in [6.45, 7) is 0. The van der Waals surface area contributed by atoms with Crippen molar-refractivity contribution in [2.75, 3.05) is 4.90 Å². The zero-order chi connectivity index (χ0) is 41.2. The monoisotopic (exact) mass is 799 g/mol. The van der Waals surface area contributed by atoms with Crippen LogP contribution in [0.4, 0.5) is 17.1 Å². The van der Waals surface area contributed by atoms with Crippen LogP contribution in [0.15, 0.2) is 229 Å². The van der Waals surface area contributed by atoms with Gasteiger partial charge in [-0.2, -0.15) is 0 Å². The van der Waals surface area contributed by atoms with Crippen LogP contribution in [0.3, 0.4) is 0 Å². The van der Waals surface area contributed by atoms with Crippen LogP contribution in [0.2, 0.25) is 0 Å². The summed E-state index contributed by atoms with van der Waals surface area (Å²) in [6, 6.07) is 83.2. The smallest absolute Gasteiger partial charge is 0.137 e. The Kier molecular flexibility index (Phi) is 7.07. The second-order valence-electron chi connectivity index (χ2n) is 17.1. The second kappa shape index (κ2) is 12.9. The molecule has 0 aliphatic heterocycles. The quantitative estimate of drug-likeness (QED) is 0.176. The SMILES string of the molecule is c1ccc2c(c1)-c1ccc(N(c3ccc4c(c3)oc3ccccc34)c3cccc4ccccc34)cc1C21c2ccccc2-c2cccc3ccc(-c4cccc5ccccc45)c1c23. The normalized spacial score (nSPS) is 14.7. The molecule has 2 heteroatoms. The van der Waals surface area contributed by atoms with E-state index in [0.29, 0.717) is 0 Å². The predicted molar refractivity (Wildman–Crippen MR) is 263 cm³/mol. The van der Waals surface area contributed by atoms with Crippen molar-refractivity contribution in [1.82, 2.24) is 0 Å². The molecule has 0 N–H and O–H groups in total. The molecule has 1 unspecified atom stereocenters. The molecule has 292 valence electrons. The lowest BCUT2D eigenvalue weighted by molar-refractivity contribution is 0.669. The third-order valence-corrected chi connectivity index (χ3v) is 14.0. The average Bonchev–Trinajstić information content (AvgIpc) is 3.86. The van der Waals surface area contributed by atoms with Gasteiger partial charge >= 0.3 is 0 Å². The number of hydrogen-bond donors (Lipinski definition) is 0. The van der Waals surface area contributed by atoms with Crippen LogP contribution in [0.1, 0.15) is 22.3 Å². The summed E-state index contributed by atoms with van der Waals surface area (Å²) in [5.74, 6) is 0. The molecule has 1 aromatic heterocycles. The average molecular weight is 800 g/mol. The van der Waals surface area contributed by atoms with E-state index >= 15 is 0 Å². The molecule has 2 aliphatic rings. The number of fused-ring (bicyclic) bond motifs is 14. The molecule has 0 amide bonds. The van der Waals surface area contributed by atoms with Crippen molar-refractivity contribution in [3.8, 4) is 33.4 Å². The van der Waals surface area contributed by atoms with Crippen LogP contribution in [0, 0.1) is 0 Å². The molecule has 2 nitrogen and oxygen atoms in total. The first kappa shape index (κ1) is 34.5. The molecule has 1 heterocycles. The highest BCUT2D eigenvalue weighted by Crippen LogP contribution is 2.64. The van der Waals surface area contributed by atoms with Crippen LogP contribution in [-0.4, -0.2) is 0 Å². The Morgan fingerprint density at radius 3 is 1.68 bits per heavy atom. The van der Waals surface area contributed by atoms with Gasteiger partial charge < -0.3 is 9.32 Å². The third-order valence-electron chi connectivity index (χ3n) is 14.0. The summed E-state index contributed by atoms with van der Waals surface area (Å²) in [6.07, 6.45) is 0. The summed E-state index contributed by atoms with van der Waals surface area (Å²) in [4.78, 5) is 2.45. The zero-order valence-corrected chi connectivity index (χ0v) is 34.2. The van der Waals surface area contributed by atoms with Gasteiger partial charge in [-0.15, -0.1) is 0 Å². The maximum absolute atomic E-state index is 6.57. The van der Waals surface area contributed by atoms with Gasteiger partial charge in [-0.05, 0) is 119 Å². The molecule has 0 radical (unpaired) electrons. The maximum atomic E-state index is 6.57. The van der Waals surface area contributed by atoms with Gasteiger partial charge in [-0.25, -0.2) is 0 Å². The summed E-state index contributed by atoms with van der Waals surface area (Å²) < 4.78 is 6.57. The van der Waals surface area contributed by atoms with Crippen LogP contribution < -0.4 is 4.90 Å². The summed E-state index contributed by atoms with van der Waals surface area (Å²) in [7, 11) is 0. The lowest BCUT2D eigenvalue weighted by atomic mass is 9.60. The van der Waals surface area contributed by atoms with E-state index < -0.39 is 5.41 Å². The number of nitrogens with zero attached hydrogens (tertiary/aromatic N) is 1. The largest absolute Gasteiger partial charge is 0.456 e. The number of benzene rings is 11. The molecule has 1 atom stereocenters. The van der Waals surface area contributed by atoms with E-state index in [2.05, 4.69) is 223 Å². The molecule has 12 aromatic rings. The number of hydrogen-bond acceptors (Lipinski definition) is 2. The Morgan fingerprint density at radius 1 is 0.317 bits per heavy atom. The van der Waals surface area contributed by atoms with Gasteiger partial charge in [-0.1, -0.05) is 182 Å². The van der Waals surface area contributed by atoms with Gasteiger partial charge in [0.25, 0.3) is 0 Å². The highest BCUT2D eigenvalue weighted by atomic mass is 16.3. The van der Waals surface area contributed by atoms with Crippen molar-refractivity contribution in [3.05, 3.63) is 247 Å². The topological polar surface area (TPSA) is 16.4 Å². The van der Waals surface area contributed by atoms with Crippen molar-refractivity contribution in [2.24, 2.45) is 0 Å². The molecule has 11 aromatic carbocycles. The Morgan fingerprint density at radius 2 is 0.857 bits per heavy atom. The van der Waals surface area contributed by atoms with Crippen LogP contribution in [-0.2, 0) is 5.41 Å². The molecule has 1 spiro atoms. The minimum absolute atomic E-state index is 0.647. The highest BCUT2D eigenvalue weighted by molar-refractivity contribution is 6.13. The van der Waals surface area contributed by atoms with Crippen molar-refractivity contribution in [1.29, 1.82) is 0 Å². The molecule has 0 saturated carbocycles. The fraction of sp³-hybridized carbons (Fsp3) is 0.0164. The zero-order valence-electron chi connectivity index (χ0n) is 34.2. The first-order chi connectivity index (χ1) is 31.3. The Balaban J connectivity index is 1.12. The van der Waals surface area contributed by atoms with Gasteiger partial charge in [-0.3, -0.25) is 0 Å². The van der Waals surface area contributed by atoms with Gasteiger partial charge in [0.15, 0.2) is 0 Å². The van der Waals surface area contributed by atoms with Gasteiger partial charge in [0.1, 0.15) is 11.2 Å². The van der Waals surface area contributed by atoms with E-state index in [0.717, 1.165) is 39.0 Å². The third kappa shape index (κ3) is 4.67. The predicted octanol–water partition coefficient (Wildman–Crippen LogP) is 16.5. The van der Waals surface area contributed by atoms with Crippen molar-refractivity contribution < 1.29 is 4.42 Å². The van der Waals surface area contributed by atoms with Crippen LogP contribution >= 0.6 is 0 Å². The fourth-order valence-electron chi connectivity index (χ4n) is 11.5. The van der Waals surface area contributed by atoms with Crippen molar-refractivity contribution in [3.63, 3.8) is 0 Å². The van der Waals surface area contributed by atoms with Crippen molar-refractivity contribution in [2.45, 2.75) is 5.41 Å². The molecular formula is C61H37NO. The molecule has 0 bridgehead atoms. The first-order valence-electron chi connectivity index (χ1n) is 21.8. The van der Waals surface area contributed by atoms with E-state index in [9.17, 15) is 0 Å². The van der Waals surface area contributed by atoms with E-state index in [1.807, 2.05) is 6.07 Å².